The van der Waals surface area contributed by atoms with E-state index in [-0.39, 0.29) is 0 Å². The molecule has 3 rings (SSSR count). The maximum Gasteiger partial charge on any atom is 0.0907 e. The molecular formula is C24H26N4S. The number of hydrogen-bond donors (Lipinski definition) is 2. The molecule has 29 heavy (non-hydrogen) atoms. The first-order valence-corrected chi connectivity index (χ1v) is 10.3. The molecule has 148 valence electrons. The van der Waals surface area contributed by atoms with Gasteiger partial charge < -0.3 is 10.6 Å². The van der Waals surface area contributed by atoms with Gasteiger partial charge in [-0.05, 0) is 44.5 Å². The summed E-state index contributed by atoms with van der Waals surface area (Å²) in [4.78, 5) is 9.00. The summed E-state index contributed by atoms with van der Waals surface area (Å²) < 4.78 is 1.15. The molecule has 0 aliphatic rings. The molecule has 0 aliphatic carbocycles. The minimum Gasteiger partial charge on any atom is -0.372 e. The summed E-state index contributed by atoms with van der Waals surface area (Å²) in [6.07, 6.45) is 3.50. The number of aliphatic imine (C=N–C) groups is 1. The molecule has 2 N–H and O–H groups in total. The van der Waals surface area contributed by atoms with Crippen molar-refractivity contribution in [2.24, 2.45) is 4.99 Å². The summed E-state index contributed by atoms with van der Waals surface area (Å²) in [7, 11) is 0. The van der Waals surface area contributed by atoms with E-state index in [1.807, 2.05) is 26.0 Å². The molecule has 0 amide bonds. The molecule has 3 aromatic rings. The second kappa shape index (κ2) is 9.34. The fourth-order valence-electron chi connectivity index (χ4n) is 2.93. The molecule has 5 heteroatoms. The molecule has 1 aromatic heterocycles. The van der Waals surface area contributed by atoms with Gasteiger partial charge in [0, 0.05) is 29.2 Å². The standard InChI is InChI=1S/C24H26N4S/c1-6-22(17(3)26-15-25-14-20-9-7-16(2)8-10-20)18(4)27-21-11-12-23-24(13-21)29-19(5)28-23/h6-13,15,27H,1,4,14H2,2-3,5H3,(H,25,26)/b22-17-. The molecule has 1 heterocycles. The van der Waals surface area contributed by atoms with Gasteiger partial charge >= 0.3 is 0 Å². The molecule has 0 saturated carbocycles. The normalized spacial score (nSPS) is 12.1. The molecule has 0 atom stereocenters. The number of thiazole rings is 1. The van der Waals surface area contributed by atoms with E-state index in [1.165, 1.54) is 11.1 Å². The number of nitrogens with one attached hydrogen (secondary N) is 2. The smallest absolute Gasteiger partial charge is 0.0907 e. The predicted molar refractivity (Wildman–Crippen MR) is 127 cm³/mol. The van der Waals surface area contributed by atoms with Gasteiger partial charge in [0.2, 0.25) is 0 Å². The maximum atomic E-state index is 4.51. The minimum atomic E-state index is 0.730. The lowest BCUT2D eigenvalue weighted by Crippen LogP contribution is -2.10. The zero-order chi connectivity index (χ0) is 20.8. The third-order valence-electron chi connectivity index (χ3n) is 4.49. The van der Waals surface area contributed by atoms with Crippen LogP contribution in [-0.2, 0) is 6.54 Å². The Balaban J connectivity index is 1.64. The van der Waals surface area contributed by atoms with Crippen LogP contribution in [0.2, 0.25) is 0 Å². The second-order valence-electron chi connectivity index (χ2n) is 6.85. The SMILES string of the molecule is C=C/C(C(=C)Nc1ccc2nc(C)sc2c1)=C(C)/N=C\NCc1ccc(C)cc1. The highest BCUT2D eigenvalue weighted by Crippen LogP contribution is 2.26. The molecular weight excluding hydrogens is 376 g/mol. The van der Waals surface area contributed by atoms with Gasteiger partial charge in [-0.25, -0.2) is 9.98 Å². The van der Waals surface area contributed by atoms with Crippen LogP contribution < -0.4 is 10.6 Å². The molecule has 0 saturated heterocycles. The van der Waals surface area contributed by atoms with Crippen molar-refractivity contribution in [3.05, 3.63) is 94.8 Å². The van der Waals surface area contributed by atoms with Crippen LogP contribution in [0.3, 0.4) is 0 Å². The zero-order valence-corrected chi connectivity index (χ0v) is 17.9. The lowest BCUT2D eigenvalue weighted by molar-refractivity contribution is 0.929. The number of benzene rings is 2. The molecule has 0 aliphatic heterocycles. The number of nitrogens with zero attached hydrogens (tertiary/aromatic N) is 2. The van der Waals surface area contributed by atoms with E-state index < -0.39 is 0 Å². The van der Waals surface area contributed by atoms with Crippen LogP contribution in [-0.4, -0.2) is 11.3 Å². The number of anilines is 1. The van der Waals surface area contributed by atoms with Crippen molar-refractivity contribution >= 4 is 33.6 Å². The fraction of sp³-hybridized carbons (Fsp3) is 0.167. The highest BCUT2D eigenvalue weighted by molar-refractivity contribution is 7.18. The van der Waals surface area contributed by atoms with E-state index >= 15 is 0 Å². The van der Waals surface area contributed by atoms with Crippen molar-refractivity contribution < 1.29 is 0 Å². The Bertz CT molecular complexity index is 1090. The van der Waals surface area contributed by atoms with Crippen molar-refractivity contribution in [1.29, 1.82) is 0 Å². The largest absolute Gasteiger partial charge is 0.372 e. The number of hydrogen-bond acceptors (Lipinski definition) is 4. The van der Waals surface area contributed by atoms with Gasteiger partial charge in [0.15, 0.2) is 0 Å². The third-order valence-corrected chi connectivity index (χ3v) is 5.42. The van der Waals surface area contributed by atoms with Crippen molar-refractivity contribution in [2.45, 2.75) is 27.3 Å². The average Bonchev–Trinajstić information content (AvgIpc) is 3.06. The lowest BCUT2D eigenvalue weighted by atomic mass is 10.1. The van der Waals surface area contributed by atoms with E-state index in [0.717, 1.165) is 44.4 Å². The summed E-state index contributed by atoms with van der Waals surface area (Å²) >= 11 is 1.68. The summed E-state index contributed by atoms with van der Waals surface area (Å²) in [6.45, 7) is 14.9. The van der Waals surface area contributed by atoms with Crippen LogP contribution in [0.25, 0.3) is 10.2 Å². The Hall–Kier alpha value is -3.18. The van der Waals surface area contributed by atoms with Crippen LogP contribution in [0.15, 0.2) is 83.7 Å². The van der Waals surface area contributed by atoms with E-state index in [2.05, 4.69) is 71.0 Å². The molecule has 0 fully saturated rings. The first-order valence-electron chi connectivity index (χ1n) is 9.44. The number of aryl methyl sites for hydroxylation is 2. The Morgan fingerprint density at radius 3 is 2.66 bits per heavy atom. The number of fused-ring (bicyclic) bond motifs is 1. The van der Waals surface area contributed by atoms with Gasteiger partial charge in [-0.1, -0.05) is 49.1 Å². The van der Waals surface area contributed by atoms with Crippen molar-refractivity contribution in [1.82, 2.24) is 10.3 Å². The summed E-state index contributed by atoms with van der Waals surface area (Å²) in [5.74, 6) is 0. The van der Waals surface area contributed by atoms with Crippen LogP contribution >= 0.6 is 11.3 Å². The summed E-state index contributed by atoms with van der Waals surface area (Å²) in [5.41, 5.74) is 6.93. The van der Waals surface area contributed by atoms with Gasteiger partial charge in [-0.2, -0.15) is 0 Å². The topological polar surface area (TPSA) is 49.3 Å². The Labute approximate surface area is 176 Å². The summed E-state index contributed by atoms with van der Waals surface area (Å²) in [5, 5.41) is 7.65. The van der Waals surface area contributed by atoms with Crippen LogP contribution in [0.5, 0.6) is 0 Å². The average molecular weight is 403 g/mol. The molecule has 4 nitrogen and oxygen atoms in total. The molecule has 2 aromatic carbocycles. The number of allylic oxidation sites excluding steroid dienone is 2. The highest BCUT2D eigenvalue weighted by atomic mass is 32.1. The van der Waals surface area contributed by atoms with Crippen molar-refractivity contribution in [2.75, 3.05) is 5.32 Å². The lowest BCUT2D eigenvalue weighted by Gasteiger charge is -2.12. The molecule has 0 spiro atoms. The zero-order valence-electron chi connectivity index (χ0n) is 17.1. The van der Waals surface area contributed by atoms with Gasteiger partial charge in [0.25, 0.3) is 0 Å². The predicted octanol–water partition coefficient (Wildman–Crippen LogP) is 6.12. The number of aromatic nitrogens is 1. The highest BCUT2D eigenvalue weighted by Gasteiger charge is 2.06. The van der Waals surface area contributed by atoms with Crippen molar-refractivity contribution in [3.63, 3.8) is 0 Å². The first-order chi connectivity index (χ1) is 14.0. The summed E-state index contributed by atoms with van der Waals surface area (Å²) in [6, 6.07) is 14.6. The van der Waals surface area contributed by atoms with Gasteiger partial charge in [0.05, 0.1) is 21.6 Å². The third kappa shape index (κ3) is 5.42. The quantitative estimate of drug-likeness (QED) is 0.271. The Morgan fingerprint density at radius 2 is 1.93 bits per heavy atom. The van der Waals surface area contributed by atoms with E-state index in [1.54, 1.807) is 23.8 Å². The molecule has 0 radical (unpaired) electrons. The van der Waals surface area contributed by atoms with E-state index in [4.69, 9.17) is 0 Å². The van der Waals surface area contributed by atoms with Gasteiger partial charge in [0.1, 0.15) is 0 Å². The van der Waals surface area contributed by atoms with Gasteiger partial charge in [-0.15, -0.1) is 11.3 Å². The first kappa shape index (κ1) is 20.6. The maximum absolute atomic E-state index is 4.51. The van der Waals surface area contributed by atoms with Crippen LogP contribution in [0, 0.1) is 13.8 Å². The van der Waals surface area contributed by atoms with Crippen LogP contribution in [0.1, 0.15) is 23.1 Å². The van der Waals surface area contributed by atoms with E-state index in [9.17, 15) is 0 Å². The van der Waals surface area contributed by atoms with Crippen molar-refractivity contribution in [3.8, 4) is 0 Å². The number of rotatable bonds is 8. The Kier molecular flexibility index (Phi) is 6.62. The minimum absolute atomic E-state index is 0.730. The molecule has 0 unspecified atom stereocenters. The Morgan fingerprint density at radius 1 is 1.17 bits per heavy atom. The van der Waals surface area contributed by atoms with E-state index in [0.29, 0.717) is 0 Å². The van der Waals surface area contributed by atoms with Gasteiger partial charge in [-0.3, -0.25) is 0 Å². The fourth-order valence-corrected chi connectivity index (χ4v) is 3.80. The van der Waals surface area contributed by atoms with Crippen LogP contribution in [0.4, 0.5) is 5.69 Å². The molecule has 0 bridgehead atoms. The second-order valence-corrected chi connectivity index (χ2v) is 8.08. The monoisotopic (exact) mass is 402 g/mol.